The Labute approximate surface area is 104 Å². The van der Waals surface area contributed by atoms with Crippen LogP contribution < -0.4 is 5.32 Å². The molecule has 0 bridgehead atoms. The second-order valence-corrected chi connectivity index (χ2v) is 3.55. The van der Waals surface area contributed by atoms with Crippen LogP contribution >= 0.6 is 11.6 Å². The lowest BCUT2D eigenvalue weighted by molar-refractivity contribution is 0.0670. The van der Waals surface area contributed by atoms with Gasteiger partial charge in [-0.3, -0.25) is 4.79 Å². The highest BCUT2D eigenvalue weighted by Crippen LogP contribution is 2.10. The highest BCUT2D eigenvalue weighted by atomic mass is 35.5. The predicted molar refractivity (Wildman–Crippen MR) is 64.5 cm³/mol. The molecule has 0 radical (unpaired) electrons. The first-order chi connectivity index (χ1) is 8.17. The van der Waals surface area contributed by atoms with Gasteiger partial charge in [0.15, 0.2) is 0 Å². The van der Waals surface area contributed by atoms with E-state index in [1.165, 1.54) is 12.1 Å². The number of nitrogens with zero attached hydrogens (tertiary/aromatic N) is 1. The summed E-state index contributed by atoms with van der Waals surface area (Å²) in [6, 6.07) is 8.25. The van der Waals surface area contributed by atoms with Gasteiger partial charge in [0.2, 0.25) is 6.23 Å². The fourth-order valence-corrected chi connectivity index (χ4v) is 1.30. The van der Waals surface area contributed by atoms with Crippen LogP contribution in [0.15, 0.2) is 36.9 Å². The fraction of sp³-hybridized carbons (Fsp3) is 0.167. The van der Waals surface area contributed by atoms with Gasteiger partial charge in [-0.2, -0.15) is 5.26 Å². The molecule has 1 unspecified atom stereocenters. The fourth-order valence-electron chi connectivity index (χ4n) is 1.11. The molecule has 0 spiro atoms. The van der Waals surface area contributed by atoms with Crippen LogP contribution in [-0.2, 0) is 4.74 Å². The smallest absolute Gasteiger partial charge is 0.254 e. The maximum Gasteiger partial charge on any atom is 0.254 e. The van der Waals surface area contributed by atoms with Crippen molar-refractivity contribution in [2.75, 3.05) is 6.61 Å². The SMILES string of the molecule is C=CCOC(C#N)NC(=O)c1cccc(Cl)c1. The first-order valence-electron chi connectivity index (χ1n) is 4.86. The van der Waals surface area contributed by atoms with Gasteiger partial charge in [-0.15, -0.1) is 6.58 Å². The van der Waals surface area contributed by atoms with Crippen molar-refractivity contribution < 1.29 is 9.53 Å². The van der Waals surface area contributed by atoms with E-state index >= 15 is 0 Å². The number of halogens is 1. The molecule has 0 aliphatic carbocycles. The van der Waals surface area contributed by atoms with Crippen LogP contribution in [-0.4, -0.2) is 18.7 Å². The summed E-state index contributed by atoms with van der Waals surface area (Å²) in [7, 11) is 0. The average molecular weight is 251 g/mol. The van der Waals surface area contributed by atoms with Gasteiger partial charge in [0.25, 0.3) is 5.91 Å². The Morgan fingerprint density at radius 3 is 3.06 bits per heavy atom. The highest BCUT2D eigenvalue weighted by Gasteiger charge is 2.12. The van der Waals surface area contributed by atoms with Crippen molar-refractivity contribution in [2.45, 2.75) is 6.23 Å². The van der Waals surface area contributed by atoms with Crippen LogP contribution in [0.2, 0.25) is 5.02 Å². The summed E-state index contributed by atoms with van der Waals surface area (Å²) in [5.74, 6) is -0.414. The molecule has 1 rings (SSSR count). The zero-order chi connectivity index (χ0) is 12.7. The number of ether oxygens (including phenoxy) is 1. The Bertz CT molecular complexity index is 454. The van der Waals surface area contributed by atoms with Gasteiger partial charge < -0.3 is 10.1 Å². The zero-order valence-electron chi connectivity index (χ0n) is 9.02. The van der Waals surface area contributed by atoms with E-state index in [4.69, 9.17) is 21.6 Å². The van der Waals surface area contributed by atoms with Gasteiger partial charge in [0.1, 0.15) is 6.07 Å². The van der Waals surface area contributed by atoms with E-state index in [2.05, 4.69) is 11.9 Å². The molecule has 1 atom stereocenters. The summed E-state index contributed by atoms with van der Waals surface area (Å²) >= 11 is 5.75. The molecule has 4 nitrogen and oxygen atoms in total. The summed E-state index contributed by atoms with van der Waals surface area (Å²) in [6.07, 6.45) is 0.495. The van der Waals surface area contributed by atoms with Gasteiger partial charge in [0, 0.05) is 10.6 Å². The highest BCUT2D eigenvalue weighted by molar-refractivity contribution is 6.30. The van der Waals surface area contributed by atoms with Crippen molar-refractivity contribution in [1.29, 1.82) is 5.26 Å². The number of nitriles is 1. The number of carbonyl (C=O) groups excluding carboxylic acids is 1. The molecule has 0 fully saturated rings. The van der Waals surface area contributed by atoms with Crippen LogP contribution in [0.4, 0.5) is 0 Å². The molecule has 5 heteroatoms. The number of carbonyl (C=O) groups is 1. The van der Waals surface area contributed by atoms with Gasteiger partial charge in [0.05, 0.1) is 6.61 Å². The molecule has 0 aliphatic heterocycles. The Kier molecular flexibility index (Phi) is 5.21. The Balaban J connectivity index is 2.65. The number of nitrogens with one attached hydrogen (secondary N) is 1. The van der Waals surface area contributed by atoms with Crippen molar-refractivity contribution in [3.63, 3.8) is 0 Å². The molecular formula is C12H11ClN2O2. The quantitative estimate of drug-likeness (QED) is 0.643. The molecule has 0 aromatic heterocycles. The molecule has 0 aliphatic rings. The number of amides is 1. The van der Waals surface area contributed by atoms with Crippen LogP contribution in [0.25, 0.3) is 0 Å². The second kappa shape index (κ2) is 6.69. The maximum atomic E-state index is 11.7. The van der Waals surface area contributed by atoms with Crippen molar-refractivity contribution in [1.82, 2.24) is 5.32 Å². The molecule has 1 N–H and O–H groups in total. The molecule has 1 aromatic rings. The van der Waals surface area contributed by atoms with Crippen molar-refractivity contribution in [3.05, 3.63) is 47.5 Å². The minimum Gasteiger partial charge on any atom is -0.341 e. The third-order valence-electron chi connectivity index (χ3n) is 1.85. The summed E-state index contributed by atoms with van der Waals surface area (Å²) in [5.41, 5.74) is 0.375. The van der Waals surface area contributed by atoms with Gasteiger partial charge in [-0.1, -0.05) is 23.7 Å². The van der Waals surface area contributed by atoms with Gasteiger partial charge in [-0.25, -0.2) is 0 Å². The summed E-state index contributed by atoms with van der Waals surface area (Å²) < 4.78 is 5.02. The van der Waals surface area contributed by atoms with Crippen molar-refractivity contribution >= 4 is 17.5 Å². The molecule has 88 valence electrons. The van der Waals surface area contributed by atoms with Crippen LogP contribution in [0, 0.1) is 11.3 Å². The summed E-state index contributed by atoms with van der Waals surface area (Å²) in [6.45, 7) is 3.64. The molecule has 17 heavy (non-hydrogen) atoms. The van der Waals surface area contributed by atoms with E-state index in [-0.39, 0.29) is 6.61 Å². The van der Waals surface area contributed by atoms with Crippen LogP contribution in [0.5, 0.6) is 0 Å². The first kappa shape index (κ1) is 13.2. The van der Waals surface area contributed by atoms with Crippen molar-refractivity contribution in [2.24, 2.45) is 0 Å². The molecule has 1 aromatic carbocycles. The third-order valence-corrected chi connectivity index (χ3v) is 2.08. The van der Waals surface area contributed by atoms with E-state index in [0.717, 1.165) is 0 Å². The van der Waals surface area contributed by atoms with Crippen molar-refractivity contribution in [3.8, 4) is 6.07 Å². The lowest BCUT2D eigenvalue weighted by Crippen LogP contribution is -2.35. The standard InChI is InChI=1S/C12H11ClN2O2/c1-2-6-17-11(8-14)15-12(16)9-4-3-5-10(13)7-9/h2-5,7,11H,1,6H2,(H,15,16). The average Bonchev–Trinajstić information content (AvgIpc) is 2.34. The normalized spacial score (nSPS) is 11.3. The van der Waals surface area contributed by atoms with E-state index in [0.29, 0.717) is 10.6 Å². The minimum absolute atomic E-state index is 0.189. The molecule has 0 saturated carbocycles. The van der Waals surface area contributed by atoms with Crippen LogP contribution in [0.3, 0.4) is 0 Å². The van der Waals surface area contributed by atoms with E-state index in [1.54, 1.807) is 18.2 Å². The second-order valence-electron chi connectivity index (χ2n) is 3.11. The topological polar surface area (TPSA) is 62.1 Å². The zero-order valence-corrected chi connectivity index (χ0v) is 9.78. The first-order valence-corrected chi connectivity index (χ1v) is 5.23. The largest absolute Gasteiger partial charge is 0.341 e. The number of rotatable bonds is 5. The number of hydrogen-bond acceptors (Lipinski definition) is 3. The Morgan fingerprint density at radius 1 is 1.71 bits per heavy atom. The molecule has 1 amide bonds. The minimum atomic E-state index is -1.00. The lowest BCUT2D eigenvalue weighted by Gasteiger charge is -2.11. The predicted octanol–water partition coefficient (Wildman–Crippen LogP) is 2.12. The maximum absolute atomic E-state index is 11.7. The molecular weight excluding hydrogens is 240 g/mol. The van der Waals surface area contributed by atoms with Crippen LogP contribution in [0.1, 0.15) is 10.4 Å². The number of hydrogen-bond donors (Lipinski definition) is 1. The van der Waals surface area contributed by atoms with E-state index in [1.807, 2.05) is 6.07 Å². The third kappa shape index (κ3) is 4.27. The Morgan fingerprint density at radius 2 is 2.47 bits per heavy atom. The molecule has 0 heterocycles. The Hall–Kier alpha value is -1.83. The van der Waals surface area contributed by atoms with Gasteiger partial charge in [-0.05, 0) is 18.2 Å². The summed E-state index contributed by atoms with van der Waals surface area (Å²) in [4.78, 5) is 11.7. The van der Waals surface area contributed by atoms with E-state index < -0.39 is 12.1 Å². The monoisotopic (exact) mass is 250 g/mol. The van der Waals surface area contributed by atoms with E-state index in [9.17, 15) is 4.79 Å². The van der Waals surface area contributed by atoms with Gasteiger partial charge >= 0.3 is 0 Å². The number of benzene rings is 1. The lowest BCUT2D eigenvalue weighted by atomic mass is 10.2. The molecule has 0 saturated heterocycles. The summed E-state index contributed by atoms with van der Waals surface area (Å²) in [5, 5.41) is 11.6.